The first kappa shape index (κ1) is 25.0. The van der Waals surface area contributed by atoms with Gasteiger partial charge in [-0.2, -0.15) is 5.10 Å². The number of amides is 1. The van der Waals surface area contributed by atoms with Gasteiger partial charge in [0.15, 0.2) is 0 Å². The first-order valence-electron chi connectivity index (χ1n) is 10.0. The third-order valence-electron chi connectivity index (χ3n) is 4.39. The largest absolute Gasteiger partial charge is 0.497 e. The minimum atomic E-state index is -3.79. The Balaban J connectivity index is 2.06. The van der Waals surface area contributed by atoms with Crippen LogP contribution >= 0.6 is 0 Å². The molecule has 9 nitrogen and oxygen atoms in total. The second kappa shape index (κ2) is 11.9. The summed E-state index contributed by atoms with van der Waals surface area (Å²) in [7, 11) is -0.918. The molecular weight excluding hydrogens is 434 g/mol. The van der Waals surface area contributed by atoms with Crippen molar-refractivity contribution in [2.24, 2.45) is 5.10 Å². The van der Waals surface area contributed by atoms with Crippen LogP contribution in [0.15, 0.2) is 47.6 Å². The molecule has 0 saturated carbocycles. The number of nitrogens with zero attached hydrogens (tertiary/aromatic N) is 2. The maximum atomic E-state index is 12.4. The molecule has 0 fully saturated rings. The summed E-state index contributed by atoms with van der Waals surface area (Å²) in [6.07, 6.45) is 4.52. The number of methoxy groups -OCH3 is 2. The Hall–Kier alpha value is -3.27. The van der Waals surface area contributed by atoms with Gasteiger partial charge in [-0.15, -0.1) is 0 Å². The Labute approximate surface area is 189 Å². The van der Waals surface area contributed by atoms with Gasteiger partial charge >= 0.3 is 0 Å². The number of rotatable bonds is 12. The maximum Gasteiger partial charge on any atom is 0.260 e. The van der Waals surface area contributed by atoms with Crippen LogP contribution < -0.4 is 23.9 Å². The Bertz CT molecular complexity index is 1020. The SMILES string of the molecule is CCCCOc1ccc(/C=N\NC(=O)CN(c2cc(OC)ccc2OC)S(C)(=O)=O)cc1. The van der Waals surface area contributed by atoms with Crippen molar-refractivity contribution in [3.05, 3.63) is 48.0 Å². The van der Waals surface area contributed by atoms with Crippen molar-refractivity contribution in [2.45, 2.75) is 19.8 Å². The summed E-state index contributed by atoms with van der Waals surface area (Å²) in [6, 6.07) is 11.9. The van der Waals surface area contributed by atoms with Gasteiger partial charge in [0, 0.05) is 6.07 Å². The number of hydrazone groups is 1. The van der Waals surface area contributed by atoms with E-state index in [2.05, 4.69) is 17.5 Å². The van der Waals surface area contributed by atoms with E-state index in [-0.39, 0.29) is 11.4 Å². The molecule has 0 aliphatic carbocycles. The number of sulfonamides is 1. The molecule has 174 valence electrons. The van der Waals surface area contributed by atoms with Gasteiger partial charge in [0.25, 0.3) is 5.91 Å². The van der Waals surface area contributed by atoms with Crippen molar-refractivity contribution < 1.29 is 27.4 Å². The summed E-state index contributed by atoms with van der Waals surface area (Å²) in [5, 5.41) is 3.91. The molecule has 0 saturated heterocycles. The second-order valence-corrected chi connectivity index (χ2v) is 8.78. The van der Waals surface area contributed by atoms with Crippen molar-refractivity contribution in [2.75, 3.05) is 37.9 Å². The number of ether oxygens (including phenoxy) is 3. The highest BCUT2D eigenvalue weighted by molar-refractivity contribution is 7.92. The molecule has 0 unspecified atom stereocenters. The Morgan fingerprint density at radius 2 is 1.78 bits per heavy atom. The van der Waals surface area contributed by atoms with E-state index in [0.29, 0.717) is 12.4 Å². The number of carbonyl (C=O) groups is 1. The highest BCUT2D eigenvalue weighted by atomic mass is 32.2. The average molecular weight is 464 g/mol. The van der Waals surface area contributed by atoms with Crippen LogP contribution in [0.4, 0.5) is 5.69 Å². The van der Waals surface area contributed by atoms with Gasteiger partial charge in [-0.05, 0) is 48.4 Å². The van der Waals surface area contributed by atoms with Crippen molar-refractivity contribution in [1.82, 2.24) is 5.43 Å². The molecule has 1 N–H and O–H groups in total. The molecule has 2 rings (SSSR count). The molecule has 32 heavy (non-hydrogen) atoms. The highest BCUT2D eigenvalue weighted by Gasteiger charge is 2.24. The normalized spacial score (nSPS) is 11.2. The average Bonchev–Trinajstić information content (AvgIpc) is 2.77. The summed E-state index contributed by atoms with van der Waals surface area (Å²) < 4.78 is 41.7. The maximum absolute atomic E-state index is 12.4. The quantitative estimate of drug-likeness (QED) is 0.295. The van der Waals surface area contributed by atoms with E-state index < -0.39 is 22.5 Å². The lowest BCUT2D eigenvalue weighted by molar-refractivity contribution is -0.119. The number of unbranched alkanes of at least 4 members (excludes halogenated alkanes) is 1. The smallest absolute Gasteiger partial charge is 0.260 e. The Kier molecular flexibility index (Phi) is 9.33. The molecule has 0 aliphatic heterocycles. The van der Waals surface area contributed by atoms with Crippen molar-refractivity contribution in [3.8, 4) is 17.2 Å². The molecule has 2 aromatic carbocycles. The van der Waals surface area contributed by atoms with Crippen LogP contribution in [0.3, 0.4) is 0 Å². The lowest BCUT2D eigenvalue weighted by atomic mass is 10.2. The van der Waals surface area contributed by atoms with Crippen molar-refractivity contribution in [3.63, 3.8) is 0 Å². The third kappa shape index (κ3) is 7.45. The fourth-order valence-electron chi connectivity index (χ4n) is 2.70. The number of hydrogen-bond donors (Lipinski definition) is 1. The highest BCUT2D eigenvalue weighted by Crippen LogP contribution is 2.33. The van der Waals surface area contributed by atoms with Crippen LogP contribution in [-0.4, -0.2) is 54.2 Å². The van der Waals surface area contributed by atoms with Gasteiger partial charge in [0.2, 0.25) is 10.0 Å². The fourth-order valence-corrected chi connectivity index (χ4v) is 3.55. The molecule has 1 amide bonds. The molecule has 0 spiro atoms. The van der Waals surface area contributed by atoms with Gasteiger partial charge in [0.05, 0.1) is 39.0 Å². The first-order valence-corrected chi connectivity index (χ1v) is 11.9. The van der Waals surface area contributed by atoms with Gasteiger partial charge in [-0.3, -0.25) is 9.10 Å². The predicted octanol–water partition coefficient (Wildman–Crippen LogP) is 2.80. The van der Waals surface area contributed by atoms with E-state index in [9.17, 15) is 13.2 Å². The number of anilines is 1. The van der Waals surface area contributed by atoms with Gasteiger partial charge in [0.1, 0.15) is 23.8 Å². The van der Waals surface area contributed by atoms with E-state index in [4.69, 9.17) is 14.2 Å². The molecule has 0 atom stereocenters. The first-order chi connectivity index (χ1) is 15.3. The summed E-state index contributed by atoms with van der Waals surface area (Å²) in [5.74, 6) is 0.857. The van der Waals surface area contributed by atoms with Gasteiger partial charge < -0.3 is 14.2 Å². The molecule has 0 bridgehead atoms. The minimum Gasteiger partial charge on any atom is -0.497 e. The van der Waals surface area contributed by atoms with Crippen LogP contribution in [0, 0.1) is 0 Å². The van der Waals surface area contributed by atoms with Crippen LogP contribution in [-0.2, 0) is 14.8 Å². The minimum absolute atomic E-state index is 0.187. The summed E-state index contributed by atoms with van der Waals surface area (Å²) in [4.78, 5) is 12.4. The van der Waals surface area contributed by atoms with Crippen molar-refractivity contribution >= 4 is 27.8 Å². The second-order valence-electron chi connectivity index (χ2n) is 6.87. The Morgan fingerprint density at radius 3 is 2.38 bits per heavy atom. The summed E-state index contributed by atoms with van der Waals surface area (Å²) in [6.45, 7) is 2.28. The van der Waals surface area contributed by atoms with Crippen LogP contribution in [0.1, 0.15) is 25.3 Å². The lowest BCUT2D eigenvalue weighted by Gasteiger charge is -2.23. The zero-order valence-corrected chi connectivity index (χ0v) is 19.5. The van der Waals surface area contributed by atoms with Crippen LogP contribution in [0.2, 0.25) is 0 Å². The standard InChI is InChI=1S/C22H29N3O6S/c1-5-6-13-31-18-9-7-17(8-10-18)15-23-24-22(26)16-25(32(4,27)28)20-14-19(29-2)11-12-21(20)30-3/h7-12,14-15H,5-6,13,16H2,1-4H3,(H,24,26)/b23-15-. The zero-order chi connectivity index (χ0) is 23.6. The van der Waals surface area contributed by atoms with E-state index in [1.54, 1.807) is 24.3 Å². The molecule has 0 radical (unpaired) electrons. The van der Waals surface area contributed by atoms with Crippen molar-refractivity contribution in [1.29, 1.82) is 0 Å². The van der Waals surface area contributed by atoms with E-state index >= 15 is 0 Å². The van der Waals surface area contributed by atoms with E-state index in [1.807, 2.05) is 12.1 Å². The van der Waals surface area contributed by atoms with E-state index in [1.165, 1.54) is 26.5 Å². The Morgan fingerprint density at radius 1 is 1.09 bits per heavy atom. The summed E-state index contributed by atoms with van der Waals surface area (Å²) in [5.41, 5.74) is 3.29. The monoisotopic (exact) mass is 463 g/mol. The topological polar surface area (TPSA) is 107 Å². The van der Waals surface area contributed by atoms with Crippen LogP contribution in [0.5, 0.6) is 17.2 Å². The number of hydrogen-bond acceptors (Lipinski definition) is 7. The number of carbonyl (C=O) groups excluding carboxylic acids is 1. The van der Waals surface area contributed by atoms with Gasteiger partial charge in [-0.25, -0.2) is 13.8 Å². The molecule has 0 aromatic heterocycles. The van der Waals surface area contributed by atoms with Gasteiger partial charge in [-0.1, -0.05) is 13.3 Å². The predicted molar refractivity (Wildman–Crippen MR) is 124 cm³/mol. The molecule has 10 heteroatoms. The third-order valence-corrected chi connectivity index (χ3v) is 5.52. The lowest BCUT2D eigenvalue weighted by Crippen LogP contribution is -2.39. The number of benzene rings is 2. The summed E-state index contributed by atoms with van der Waals surface area (Å²) >= 11 is 0. The van der Waals surface area contributed by atoms with Crippen LogP contribution in [0.25, 0.3) is 0 Å². The zero-order valence-electron chi connectivity index (χ0n) is 18.7. The molecule has 2 aromatic rings. The molecule has 0 heterocycles. The van der Waals surface area contributed by atoms with E-state index in [0.717, 1.165) is 34.7 Å². The number of nitrogens with one attached hydrogen (secondary N) is 1. The molecule has 0 aliphatic rings. The fraction of sp³-hybridized carbons (Fsp3) is 0.364. The molecular formula is C22H29N3O6S.